The van der Waals surface area contributed by atoms with Gasteiger partial charge in [0.15, 0.2) is 5.78 Å². The molecule has 0 heterocycles. The van der Waals surface area contributed by atoms with E-state index >= 15 is 0 Å². The molecule has 1 unspecified atom stereocenters. The fourth-order valence-corrected chi connectivity index (χ4v) is 2.68. The third-order valence-electron chi connectivity index (χ3n) is 3.92. The van der Waals surface area contributed by atoms with Crippen molar-refractivity contribution in [3.05, 3.63) is 77.3 Å². The highest BCUT2D eigenvalue weighted by molar-refractivity contribution is 6.15. The average molecular weight is 309 g/mol. The molecule has 23 heavy (non-hydrogen) atoms. The highest BCUT2D eigenvalue weighted by Crippen LogP contribution is 2.33. The van der Waals surface area contributed by atoms with Gasteiger partial charge in [-0.15, -0.1) is 0 Å². The predicted octanol–water partition coefficient (Wildman–Crippen LogP) is 4.49. The van der Waals surface area contributed by atoms with E-state index in [9.17, 15) is 14.3 Å². The smallest absolute Gasteiger partial charge is 0.168 e. The Bertz CT molecular complexity index is 764. The summed E-state index contributed by atoms with van der Waals surface area (Å²) < 4.78 is 12.9. The molecule has 3 nitrogen and oxygen atoms in total. The number of allylic oxidation sites excluding steroid dienone is 2. The molecule has 1 aliphatic rings. The molecule has 0 fully saturated rings. The number of carbonyl (C=O) groups excluding carboxylic acids is 1. The third kappa shape index (κ3) is 3.54. The number of aliphatic hydroxyl groups is 1. The van der Waals surface area contributed by atoms with Gasteiger partial charge in [-0.1, -0.05) is 30.3 Å². The number of Topliss-reactive ketones (excluding diaryl/α,β-unsaturated/α-hetero) is 1. The number of ketones is 1. The highest BCUT2D eigenvalue weighted by Gasteiger charge is 2.27. The molecule has 116 valence electrons. The average Bonchev–Trinajstić information content (AvgIpc) is 2.56. The number of carbonyl (C=O) groups is 1. The quantitative estimate of drug-likeness (QED) is 0.849. The molecule has 2 aromatic carbocycles. The van der Waals surface area contributed by atoms with Crippen molar-refractivity contribution in [3.63, 3.8) is 0 Å². The van der Waals surface area contributed by atoms with E-state index in [1.54, 1.807) is 0 Å². The van der Waals surface area contributed by atoms with Gasteiger partial charge in [-0.05, 0) is 35.7 Å². The molecule has 2 aromatic rings. The summed E-state index contributed by atoms with van der Waals surface area (Å²) in [5, 5.41) is 10.2. The second-order valence-corrected chi connectivity index (χ2v) is 5.53. The molecule has 0 saturated heterocycles. The molecule has 4 heteroatoms. The fourth-order valence-electron chi connectivity index (χ4n) is 2.68. The first-order chi connectivity index (χ1) is 11.1. The van der Waals surface area contributed by atoms with E-state index in [4.69, 9.17) is 0 Å². The van der Waals surface area contributed by atoms with Crippen LogP contribution in [0.2, 0.25) is 0 Å². The van der Waals surface area contributed by atoms with Crippen molar-refractivity contribution in [2.24, 2.45) is 4.99 Å². The van der Waals surface area contributed by atoms with Gasteiger partial charge in [0.2, 0.25) is 0 Å². The van der Waals surface area contributed by atoms with Crippen molar-refractivity contribution in [3.8, 4) is 0 Å². The summed E-state index contributed by atoms with van der Waals surface area (Å²) in [6.45, 7) is 0. The Morgan fingerprint density at radius 3 is 2.39 bits per heavy atom. The summed E-state index contributed by atoms with van der Waals surface area (Å²) in [5.41, 5.74) is 1.81. The molecule has 0 aromatic heterocycles. The first-order valence-corrected chi connectivity index (χ1v) is 7.43. The van der Waals surface area contributed by atoms with Gasteiger partial charge >= 0.3 is 0 Å². The summed E-state index contributed by atoms with van der Waals surface area (Å²) in [7, 11) is 0. The van der Waals surface area contributed by atoms with E-state index in [2.05, 4.69) is 4.99 Å². The van der Waals surface area contributed by atoms with Gasteiger partial charge in [0, 0.05) is 19.1 Å². The predicted molar refractivity (Wildman–Crippen MR) is 87.6 cm³/mol. The van der Waals surface area contributed by atoms with Crippen molar-refractivity contribution < 1.29 is 14.3 Å². The van der Waals surface area contributed by atoms with Crippen LogP contribution in [0.4, 0.5) is 10.1 Å². The Balaban J connectivity index is 1.80. The van der Waals surface area contributed by atoms with Crippen molar-refractivity contribution in [2.75, 3.05) is 0 Å². The van der Waals surface area contributed by atoms with Crippen LogP contribution in [0.1, 0.15) is 24.3 Å². The molecule has 0 radical (unpaired) electrons. The number of rotatable bonds is 3. The zero-order valence-electron chi connectivity index (χ0n) is 12.4. The van der Waals surface area contributed by atoms with E-state index in [0.29, 0.717) is 18.5 Å². The monoisotopic (exact) mass is 309 g/mol. The molecule has 1 atom stereocenters. The van der Waals surface area contributed by atoms with Crippen LogP contribution in [0.3, 0.4) is 0 Å². The number of nitrogens with zero attached hydrogens (tertiary/aromatic N) is 1. The first-order valence-electron chi connectivity index (χ1n) is 7.43. The number of benzene rings is 2. The largest absolute Gasteiger partial charge is 0.511 e. The lowest BCUT2D eigenvalue weighted by Crippen LogP contribution is -2.19. The van der Waals surface area contributed by atoms with Gasteiger partial charge in [-0.2, -0.15) is 0 Å². The molecular formula is C19H16FNO2. The maximum Gasteiger partial charge on any atom is 0.168 e. The summed E-state index contributed by atoms with van der Waals surface area (Å²) in [5.74, 6) is -0.424. The molecule has 1 aliphatic carbocycles. The molecule has 1 N–H and O–H groups in total. The van der Waals surface area contributed by atoms with Gasteiger partial charge in [0.1, 0.15) is 11.6 Å². The SMILES string of the molecule is O=C1CC(c2ccccc2)CC(O)=C1C=Nc1ccc(F)cc1. The molecular weight excluding hydrogens is 293 g/mol. The highest BCUT2D eigenvalue weighted by atomic mass is 19.1. The van der Waals surface area contributed by atoms with Crippen LogP contribution in [0, 0.1) is 5.82 Å². The van der Waals surface area contributed by atoms with Crippen LogP contribution in [0.25, 0.3) is 0 Å². The topological polar surface area (TPSA) is 49.7 Å². The number of halogens is 1. The van der Waals surface area contributed by atoms with Gasteiger partial charge in [-0.25, -0.2) is 4.39 Å². The van der Waals surface area contributed by atoms with Gasteiger partial charge in [-0.3, -0.25) is 9.79 Å². The number of aliphatic hydroxyl groups excluding tert-OH is 1. The zero-order chi connectivity index (χ0) is 16.2. The minimum absolute atomic E-state index is 0.00771. The van der Waals surface area contributed by atoms with Crippen molar-refractivity contribution in [2.45, 2.75) is 18.8 Å². The van der Waals surface area contributed by atoms with Crippen molar-refractivity contribution >= 4 is 17.7 Å². The molecule has 0 amide bonds. The van der Waals surface area contributed by atoms with Crippen LogP contribution in [-0.4, -0.2) is 17.1 Å². The Labute approximate surface area is 133 Å². The van der Waals surface area contributed by atoms with Crippen LogP contribution >= 0.6 is 0 Å². The lowest BCUT2D eigenvalue weighted by Gasteiger charge is -2.22. The number of hydrogen-bond acceptors (Lipinski definition) is 3. The molecule has 0 saturated carbocycles. The Morgan fingerprint density at radius 1 is 1.04 bits per heavy atom. The van der Waals surface area contributed by atoms with Crippen LogP contribution in [-0.2, 0) is 4.79 Å². The van der Waals surface area contributed by atoms with Crippen LogP contribution < -0.4 is 0 Å². The van der Waals surface area contributed by atoms with Gasteiger partial charge < -0.3 is 5.11 Å². The first kappa shape index (κ1) is 15.2. The molecule has 3 rings (SSSR count). The second kappa shape index (κ2) is 6.57. The van der Waals surface area contributed by atoms with Gasteiger partial charge in [0.25, 0.3) is 0 Å². The second-order valence-electron chi connectivity index (χ2n) is 5.53. The standard InChI is InChI=1S/C19H16FNO2/c20-15-6-8-16(9-7-15)21-12-17-18(22)10-14(11-19(17)23)13-4-2-1-3-5-13/h1-9,12,14,22H,10-11H2. The van der Waals surface area contributed by atoms with Crippen LogP contribution in [0.15, 0.2) is 70.9 Å². The lowest BCUT2D eigenvalue weighted by molar-refractivity contribution is -0.116. The Morgan fingerprint density at radius 2 is 1.74 bits per heavy atom. The van der Waals surface area contributed by atoms with E-state index in [-0.39, 0.29) is 28.9 Å². The van der Waals surface area contributed by atoms with E-state index in [0.717, 1.165) is 5.56 Å². The van der Waals surface area contributed by atoms with Crippen molar-refractivity contribution in [1.29, 1.82) is 0 Å². The lowest BCUT2D eigenvalue weighted by atomic mass is 9.83. The Kier molecular flexibility index (Phi) is 4.33. The fraction of sp³-hybridized carbons (Fsp3) is 0.158. The normalized spacial score (nSPS) is 18.7. The minimum Gasteiger partial charge on any atom is -0.511 e. The Hall–Kier alpha value is -2.75. The van der Waals surface area contributed by atoms with Gasteiger partial charge in [0.05, 0.1) is 11.3 Å². The summed E-state index contributed by atoms with van der Waals surface area (Å²) in [4.78, 5) is 16.4. The molecule has 0 spiro atoms. The third-order valence-corrected chi connectivity index (χ3v) is 3.92. The zero-order valence-corrected chi connectivity index (χ0v) is 12.4. The van der Waals surface area contributed by atoms with Crippen molar-refractivity contribution in [1.82, 2.24) is 0 Å². The summed E-state index contributed by atoms with van der Waals surface area (Å²) in [6.07, 6.45) is 2.13. The maximum absolute atomic E-state index is 12.9. The van der Waals surface area contributed by atoms with E-state index < -0.39 is 0 Å². The number of aliphatic imine (C=N–C) groups is 1. The van der Waals surface area contributed by atoms with E-state index in [1.807, 2.05) is 30.3 Å². The summed E-state index contributed by atoms with van der Waals surface area (Å²) in [6, 6.07) is 15.3. The van der Waals surface area contributed by atoms with E-state index in [1.165, 1.54) is 30.5 Å². The molecule has 0 aliphatic heterocycles. The number of hydrogen-bond donors (Lipinski definition) is 1. The molecule has 0 bridgehead atoms. The van der Waals surface area contributed by atoms with Crippen LogP contribution in [0.5, 0.6) is 0 Å². The summed E-state index contributed by atoms with van der Waals surface area (Å²) >= 11 is 0. The minimum atomic E-state index is -0.342. The maximum atomic E-state index is 12.9.